The van der Waals surface area contributed by atoms with Crippen LogP contribution in [0.2, 0.25) is 0 Å². The van der Waals surface area contributed by atoms with Crippen LogP contribution in [0.15, 0.2) is 11.6 Å². The van der Waals surface area contributed by atoms with Crippen molar-refractivity contribution in [3.8, 4) is 12.1 Å². The maximum atomic E-state index is 10.9. The van der Waals surface area contributed by atoms with Gasteiger partial charge < -0.3 is 0 Å². The molecule has 5 nitrogen and oxygen atoms in total. The standard InChI is InChI=1S/C12H11N3O2S/c1-2-3-4-12-11(15(16)17)6-10(18-12)5-9(7-13)8-14/h5-6H,2-4H2,1H3. The Kier molecular flexibility index (Phi) is 5.04. The Balaban J connectivity index is 3.11. The number of rotatable bonds is 5. The molecule has 0 aliphatic rings. The molecule has 6 heteroatoms. The van der Waals surface area contributed by atoms with Gasteiger partial charge in [-0.25, -0.2) is 0 Å². The lowest BCUT2D eigenvalue weighted by molar-refractivity contribution is -0.385. The van der Waals surface area contributed by atoms with Crippen LogP contribution in [0.4, 0.5) is 5.69 Å². The van der Waals surface area contributed by atoms with Crippen molar-refractivity contribution in [2.75, 3.05) is 0 Å². The third-order valence-electron chi connectivity index (χ3n) is 2.29. The van der Waals surface area contributed by atoms with Gasteiger partial charge >= 0.3 is 0 Å². The van der Waals surface area contributed by atoms with E-state index in [1.54, 1.807) is 12.1 Å². The Morgan fingerprint density at radius 1 is 1.56 bits per heavy atom. The Bertz CT molecular complexity index is 545. The third kappa shape index (κ3) is 3.41. The van der Waals surface area contributed by atoms with E-state index in [0.717, 1.165) is 12.8 Å². The highest BCUT2D eigenvalue weighted by molar-refractivity contribution is 7.13. The first-order chi connectivity index (χ1) is 8.62. The van der Waals surface area contributed by atoms with Gasteiger partial charge in [0.2, 0.25) is 0 Å². The summed E-state index contributed by atoms with van der Waals surface area (Å²) in [5.41, 5.74) is 0.0307. The molecule has 0 amide bonds. The summed E-state index contributed by atoms with van der Waals surface area (Å²) in [6.07, 6.45) is 3.88. The SMILES string of the molecule is CCCCc1sc(C=C(C#N)C#N)cc1[N+](=O)[O-]. The molecule has 0 atom stereocenters. The highest BCUT2D eigenvalue weighted by Gasteiger charge is 2.17. The van der Waals surface area contributed by atoms with Crippen LogP contribution in [-0.4, -0.2) is 4.92 Å². The van der Waals surface area contributed by atoms with Crippen molar-refractivity contribution in [1.82, 2.24) is 0 Å². The van der Waals surface area contributed by atoms with Crippen LogP contribution in [-0.2, 0) is 6.42 Å². The van der Waals surface area contributed by atoms with Gasteiger partial charge in [0, 0.05) is 10.9 Å². The van der Waals surface area contributed by atoms with Crippen LogP contribution in [0.5, 0.6) is 0 Å². The van der Waals surface area contributed by atoms with Gasteiger partial charge in [0.05, 0.1) is 9.80 Å². The fourth-order valence-electron chi connectivity index (χ4n) is 1.41. The molecule has 18 heavy (non-hydrogen) atoms. The zero-order valence-corrected chi connectivity index (χ0v) is 10.7. The Morgan fingerprint density at radius 3 is 2.72 bits per heavy atom. The first-order valence-corrected chi connectivity index (χ1v) is 6.23. The molecule has 0 bridgehead atoms. The van der Waals surface area contributed by atoms with Gasteiger partial charge in [0.15, 0.2) is 0 Å². The van der Waals surface area contributed by atoms with Crippen LogP contribution >= 0.6 is 11.3 Å². The molecule has 1 aromatic rings. The number of aryl methyl sites for hydroxylation is 1. The lowest BCUT2D eigenvalue weighted by Gasteiger charge is -1.94. The van der Waals surface area contributed by atoms with Gasteiger partial charge in [0.1, 0.15) is 17.7 Å². The second-order valence-electron chi connectivity index (χ2n) is 3.60. The molecular formula is C12H11N3O2S. The van der Waals surface area contributed by atoms with E-state index in [9.17, 15) is 10.1 Å². The molecular weight excluding hydrogens is 250 g/mol. The summed E-state index contributed by atoms with van der Waals surface area (Å²) >= 11 is 1.27. The monoisotopic (exact) mass is 261 g/mol. The summed E-state index contributed by atoms with van der Waals surface area (Å²) in [6.45, 7) is 2.02. The lowest BCUT2D eigenvalue weighted by Crippen LogP contribution is -1.90. The average Bonchev–Trinajstić information content (AvgIpc) is 2.76. The molecule has 0 aliphatic heterocycles. The second-order valence-corrected chi connectivity index (χ2v) is 4.77. The van der Waals surface area contributed by atoms with Gasteiger partial charge in [-0.1, -0.05) is 13.3 Å². The van der Waals surface area contributed by atoms with Crippen molar-refractivity contribution in [2.24, 2.45) is 0 Å². The first kappa shape index (κ1) is 13.9. The molecule has 92 valence electrons. The lowest BCUT2D eigenvalue weighted by atomic mass is 10.2. The van der Waals surface area contributed by atoms with Gasteiger partial charge in [-0.15, -0.1) is 11.3 Å². The smallest absolute Gasteiger partial charge is 0.258 e. The maximum absolute atomic E-state index is 10.9. The summed E-state index contributed by atoms with van der Waals surface area (Å²) < 4.78 is 0. The van der Waals surface area contributed by atoms with Gasteiger partial charge in [-0.3, -0.25) is 10.1 Å². The summed E-state index contributed by atoms with van der Waals surface area (Å²) in [4.78, 5) is 11.7. The quantitative estimate of drug-likeness (QED) is 0.461. The number of allylic oxidation sites excluding steroid dienone is 1. The molecule has 0 aromatic carbocycles. The molecule has 1 heterocycles. The van der Waals surface area contributed by atoms with Crippen LogP contribution in [0.3, 0.4) is 0 Å². The van der Waals surface area contributed by atoms with Gasteiger partial charge in [0.25, 0.3) is 5.69 Å². The Labute approximate surface area is 109 Å². The van der Waals surface area contributed by atoms with Gasteiger partial charge in [-0.05, 0) is 18.9 Å². The first-order valence-electron chi connectivity index (χ1n) is 5.41. The van der Waals surface area contributed by atoms with Crippen molar-refractivity contribution in [1.29, 1.82) is 10.5 Å². The van der Waals surface area contributed by atoms with E-state index >= 15 is 0 Å². The fraction of sp³-hybridized carbons (Fsp3) is 0.333. The molecule has 0 fully saturated rings. The highest BCUT2D eigenvalue weighted by atomic mass is 32.1. The average molecular weight is 261 g/mol. The largest absolute Gasteiger partial charge is 0.283 e. The van der Waals surface area contributed by atoms with Crippen LogP contribution in [0.25, 0.3) is 6.08 Å². The van der Waals surface area contributed by atoms with E-state index in [0.29, 0.717) is 16.2 Å². The van der Waals surface area contributed by atoms with E-state index in [4.69, 9.17) is 10.5 Å². The number of nitro groups is 1. The summed E-state index contributed by atoms with van der Waals surface area (Å²) in [6, 6.07) is 4.90. The van der Waals surface area contributed by atoms with E-state index in [2.05, 4.69) is 0 Å². The van der Waals surface area contributed by atoms with Crippen molar-refractivity contribution in [2.45, 2.75) is 26.2 Å². The summed E-state index contributed by atoms with van der Waals surface area (Å²) in [5, 5.41) is 28.2. The number of nitrogens with zero attached hydrogens (tertiary/aromatic N) is 3. The number of hydrogen-bond donors (Lipinski definition) is 0. The molecule has 0 saturated heterocycles. The topological polar surface area (TPSA) is 90.7 Å². The van der Waals surface area contributed by atoms with E-state index in [1.807, 2.05) is 6.92 Å². The maximum Gasteiger partial charge on any atom is 0.283 e. The highest BCUT2D eigenvalue weighted by Crippen LogP contribution is 2.31. The van der Waals surface area contributed by atoms with Crippen molar-refractivity contribution >= 4 is 23.1 Å². The molecule has 0 aliphatic carbocycles. The van der Waals surface area contributed by atoms with Crippen molar-refractivity contribution in [3.05, 3.63) is 31.5 Å². The molecule has 0 N–H and O–H groups in total. The minimum atomic E-state index is -0.419. The van der Waals surface area contributed by atoms with Crippen molar-refractivity contribution in [3.63, 3.8) is 0 Å². The predicted octanol–water partition coefficient (Wildman–Crippen LogP) is 3.43. The molecule has 1 aromatic heterocycles. The van der Waals surface area contributed by atoms with Crippen molar-refractivity contribution < 1.29 is 4.92 Å². The summed E-state index contributed by atoms with van der Waals surface area (Å²) in [7, 11) is 0. The van der Waals surface area contributed by atoms with Crippen LogP contribution in [0, 0.1) is 32.8 Å². The minimum Gasteiger partial charge on any atom is -0.258 e. The molecule has 0 radical (unpaired) electrons. The molecule has 0 unspecified atom stereocenters. The number of unbranched alkanes of at least 4 members (excludes halogenated alkanes) is 1. The van der Waals surface area contributed by atoms with E-state index in [1.165, 1.54) is 23.5 Å². The minimum absolute atomic E-state index is 0.0480. The predicted molar refractivity (Wildman–Crippen MR) is 68.8 cm³/mol. The van der Waals surface area contributed by atoms with Crippen LogP contribution in [0.1, 0.15) is 29.5 Å². The number of thiophene rings is 1. The zero-order chi connectivity index (χ0) is 13.5. The van der Waals surface area contributed by atoms with E-state index < -0.39 is 4.92 Å². The molecule has 1 rings (SSSR count). The fourth-order valence-corrected chi connectivity index (χ4v) is 2.53. The Morgan fingerprint density at radius 2 is 2.22 bits per heavy atom. The third-order valence-corrected chi connectivity index (χ3v) is 3.42. The Hall–Kier alpha value is -2.18. The summed E-state index contributed by atoms with van der Waals surface area (Å²) in [5.74, 6) is 0. The van der Waals surface area contributed by atoms with E-state index in [-0.39, 0.29) is 11.3 Å². The number of nitriles is 2. The molecule has 0 saturated carbocycles. The molecule has 0 spiro atoms. The second kappa shape index (κ2) is 6.53. The van der Waals surface area contributed by atoms with Gasteiger partial charge in [-0.2, -0.15) is 10.5 Å². The number of hydrogen-bond acceptors (Lipinski definition) is 5. The zero-order valence-electron chi connectivity index (χ0n) is 9.84. The van der Waals surface area contributed by atoms with Crippen LogP contribution < -0.4 is 0 Å². The normalized spacial score (nSPS) is 9.28.